The van der Waals surface area contributed by atoms with Gasteiger partial charge in [-0.15, -0.1) is 0 Å². The average Bonchev–Trinajstić information content (AvgIpc) is 3.44. The van der Waals surface area contributed by atoms with Crippen LogP contribution in [0, 0.1) is 0 Å². The van der Waals surface area contributed by atoms with E-state index in [0.29, 0.717) is 38.9 Å². The van der Waals surface area contributed by atoms with Crippen LogP contribution in [0.4, 0.5) is 5.69 Å². The molecule has 1 aliphatic rings. The number of carbonyl (C=O) groups excluding carboxylic acids is 1. The molecule has 0 spiro atoms. The third kappa shape index (κ3) is 4.05. The molecule has 5 rings (SSSR count). The van der Waals surface area contributed by atoms with Gasteiger partial charge in [0.05, 0.1) is 31.1 Å². The molecule has 2 atom stereocenters. The van der Waals surface area contributed by atoms with Crippen molar-refractivity contribution >= 4 is 28.8 Å². The van der Waals surface area contributed by atoms with E-state index in [1.54, 1.807) is 54.6 Å². The number of amides is 1. The highest BCUT2D eigenvalue weighted by Gasteiger charge is 2.28. The lowest BCUT2D eigenvalue weighted by atomic mass is 9.93. The molecule has 3 aromatic heterocycles. The van der Waals surface area contributed by atoms with Gasteiger partial charge in [-0.2, -0.15) is 10.2 Å². The predicted molar refractivity (Wildman–Crippen MR) is 124 cm³/mol. The van der Waals surface area contributed by atoms with Gasteiger partial charge in [0.15, 0.2) is 5.65 Å². The molecule has 0 unspecified atom stereocenters. The molecule has 1 amide bonds. The normalized spacial score (nSPS) is 18.4. The maximum absolute atomic E-state index is 13.2. The number of halogens is 1. The van der Waals surface area contributed by atoms with E-state index in [2.05, 4.69) is 15.4 Å². The maximum Gasteiger partial charge on any atom is 0.261 e. The van der Waals surface area contributed by atoms with Crippen LogP contribution >= 0.6 is 11.6 Å². The van der Waals surface area contributed by atoms with E-state index in [-0.39, 0.29) is 11.9 Å². The van der Waals surface area contributed by atoms with Crippen LogP contribution in [-0.4, -0.2) is 48.6 Å². The number of aromatic nitrogens is 5. The standard InChI is InChI=1S/C23H23ClN6O3/c1-33-20-8-7-14(24)11-15(20)21-17(13-30(28-21)18-5-2-3-6-19(18)31)27-23(32)16-12-26-29-10-4-9-25-22(16)29/h4,7-13,18-19,31H,2-3,5-6H2,1H3,(H,27,32)/t18-,19-/m0/s1. The number of carbonyl (C=O) groups is 1. The molecule has 1 aromatic carbocycles. The summed E-state index contributed by atoms with van der Waals surface area (Å²) in [6, 6.07) is 6.80. The third-order valence-corrected chi connectivity index (χ3v) is 6.19. The Morgan fingerprint density at radius 1 is 1.30 bits per heavy atom. The first-order valence-electron chi connectivity index (χ1n) is 10.8. The summed E-state index contributed by atoms with van der Waals surface area (Å²) in [7, 11) is 1.57. The van der Waals surface area contributed by atoms with Crippen molar-refractivity contribution in [2.24, 2.45) is 0 Å². The average molecular weight is 467 g/mol. The molecular weight excluding hydrogens is 444 g/mol. The van der Waals surface area contributed by atoms with Crippen molar-refractivity contribution in [3.8, 4) is 17.0 Å². The van der Waals surface area contributed by atoms with Gasteiger partial charge >= 0.3 is 0 Å². The molecule has 4 aromatic rings. The van der Waals surface area contributed by atoms with Crippen molar-refractivity contribution in [1.29, 1.82) is 0 Å². The van der Waals surface area contributed by atoms with Crippen molar-refractivity contribution in [2.75, 3.05) is 12.4 Å². The van der Waals surface area contributed by atoms with Crippen LogP contribution < -0.4 is 10.1 Å². The van der Waals surface area contributed by atoms with E-state index < -0.39 is 6.10 Å². The van der Waals surface area contributed by atoms with E-state index in [4.69, 9.17) is 21.4 Å². The van der Waals surface area contributed by atoms with Crippen molar-refractivity contribution in [3.63, 3.8) is 0 Å². The van der Waals surface area contributed by atoms with E-state index in [1.807, 2.05) is 0 Å². The molecule has 3 heterocycles. The Bertz CT molecular complexity index is 1320. The van der Waals surface area contributed by atoms with Crippen LogP contribution in [0.5, 0.6) is 5.75 Å². The lowest BCUT2D eigenvalue weighted by Gasteiger charge is -2.27. The second kappa shape index (κ2) is 8.84. The van der Waals surface area contributed by atoms with Crippen LogP contribution in [0.2, 0.25) is 5.02 Å². The van der Waals surface area contributed by atoms with Crippen LogP contribution in [0.3, 0.4) is 0 Å². The van der Waals surface area contributed by atoms with E-state index in [0.717, 1.165) is 25.7 Å². The smallest absolute Gasteiger partial charge is 0.261 e. The van der Waals surface area contributed by atoms with E-state index >= 15 is 0 Å². The highest BCUT2D eigenvalue weighted by molar-refractivity contribution is 6.31. The Hall–Kier alpha value is -3.43. The van der Waals surface area contributed by atoms with E-state index in [1.165, 1.54) is 10.7 Å². The van der Waals surface area contributed by atoms with Gasteiger partial charge in [0, 0.05) is 29.2 Å². The number of benzene rings is 1. The fraction of sp³-hybridized carbons (Fsp3) is 0.304. The van der Waals surface area contributed by atoms with Crippen molar-refractivity contribution < 1.29 is 14.6 Å². The lowest BCUT2D eigenvalue weighted by Crippen LogP contribution is -2.27. The number of hydrogen-bond donors (Lipinski definition) is 2. The zero-order valence-electron chi connectivity index (χ0n) is 18.0. The Balaban J connectivity index is 1.58. The minimum Gasteiger partial charge on any atom is -0.496 e. The van der Waals surface area contributed by atoms with Gasteiger partial charge in [-0.05, 0) is 37.1 Å². The molecule has 1 aliphatic carbocycles. The van der Waals surface area contributed by atoms with Gasteiger partial charge in [-0.1, -0.05) is 24.4 Å². The summed E-state index contributed by atoms with van der Waals surface area (Å²) in [5, 5.41) is 23.0. The second-order valence-corrected chi connectivity index (χ2v) is 8.47. The number of hydrogen-bond acceptors (Lipinski definition) is 6. The van der Waals surface area contributed by atoms with E-state index in [9.17, 15) is 9.90 Å². The summed E-state index contributed by atoms with van der Waals surface area (Å²) in [5.41, 5.74) is 2.41. The minimum atomic E-state index is -0.500. The van der Waals surface area contributed by atoms with Crippen LogP contribution in [0.1, 0.15) is 42.1 Å². The maximum atomic E-state index is 13.2. The van der Waals surface area contributed by atoms with Crippen molar-refractivity contribution in [2.45, 2.75) is 37.8 Å². The fourth-order valence-corrected chi connectivity index (χ4v) is 4.47. The number of aliphatic hydroxyl groups is 1. The number of ether oxygens (including phenoxy) is 1. The Labute approximate surface area is 195 Å². The monoisotopic (exact) mass is 466 g/mol. The quantitative estimate of drug-likeness (QED) is 0.460. The SMILES string of the molecule is COc1ccc(Cl)cc1-c1nn([C@H]2CCCC[C@@H]2O)cc1NC(=O)c1cnn2cccnc12. The van der Waals surface area contributed by atoms with Crippen molar-refractivity contribution in [3.05, 3.63) is 59.6 Å². The Kier molecular flexibility index (Phi) is 5.74. The van der Waals surface area contributed by atoms with Crippen LogP contribution in [0.15, 0.2) is 49.1 Å². The van der Waals surface area contributed by atoms with Gasteiger partial charge in [-0.25, -0.2) is 9.50 Å². The molecule has 9 nitrogen and oxygen atoms in total. The number of fused-ring (bicyclic) bond motifs is 1. The number of rotatable bonds is 5. The second-order valence-electron chi connectivity index (χ2n) is 8.04. The summed E-state index contributed by atoms with van der Waals surface area (Å²) >= 11 is 6.27. The number of nitrogens with one attached hydrogen (secondary N) is 1. The third-order valence-electron chi connectivity index (χ3n) is 5.95. The highest BCUT2D eigenvalue weighted by Crippen LogP contribution is 2.38. The summed E-state index contributed by atoms with van der Waals surface area (Å²) in [5.74, 6) is 0.205. The molecule has 0 saturated heterocycles. The summed E-state index contributed by atoms with van der Waals surface area (Å²) < 4.78 is 8.81. The first-order valence-corrected chi connectivity index (χ1v) is 11.1. The molecule has 170 valence electrons. The van der Waals surface area contributed by atoms with Crippen molar-refractivity contribution in [1.82, 2.24) is 24.4 Å². The Morgan fingerprint density at radius 2 is 2.15 bits per heavy atom. The molecular formula is C23H23ClN6O3. The van der Waals surface area contributed by atoms with Gasteiger partial charge < -0.3 is 15.2 Å². The minimum absolute atomic E-state index is 0.174. The summed E-state index contributed by atoms with van der Waals surface area (Å²) in [6.07, 6.45) is 9.59. The Morgan fingerprint density at radius 3 is 2.97 bits per heavy atom. The first-order chi connectivity index (χ1) is 16.0. The predicted octanol–water partition coefficient (Wildman–Crippen LogP) is 3.98. The zero-order valence-corrected chi connectivity index (χ0v) is 18.7. The molecule has 10 heteroatoms. The topological polar surface area (TPSA) is 107 Å². The fourth-order valence-electron chi connectivity index (χ4n) is 4.29. The van der Waals surface area contributed by atoms with Gasteiger partial charge in [-0.3, -0.25) is 9.48 Å². The first kappa shape index (κ1) is 21.4. The molecule has 0 aliphatic heterocycles. The molecule has 0 bridgehead atoms. The highest BCUT2D eigenvalue weighted by atomic mass is 35.5. The zero-order chi connectivity index (χ0) is 22.9. The molecule has 1 fully saturated rings. The summed E-state index contributed by atoms with van der Waals surface area (Å²) in [6.45, 7) is 0. The van der Waals surface area contributed by atoms with Gasteiger partial charge in [0.2, 0.25) is 0 Å². The lowest BCUT2D eigenvalue weighted by molar-refractivity contribution is 0.0696. The number of aliphatic hydroxyl groups excluding tert-OH is 1. The molecule has 1 saturated carbocycles. The largest absolute Gasteiger partial charge is 0.496 e. The van der Waals surface area contributed by atoms with Crippen LogP contribution in [-0.2, 0) is 0 Å². The summed E-state index contributed by atoms with van der Waals surface area (Å²) in [4.78, 5) is 17.5. The molecule has 2 N–H and O–H groups in total. The molecule has 0 radical (unpaired) electrons. The molecule has 33 heavy (non-hydrogen) atoms. The van der Waals surface area contributed by atoms with Gasteiger partial charge in [0.25, 0.3) is 5.91 Å². The van der Waals surface area contributed by atoms with Crippen LogP contribution in [0.25, 0.3) is 16.9 Å². The number of methoxy groups -OCH3 is 1. The van der Waals surface area contributed by atoms with Gasteiger partial charge in [0.1, 0.15) is 17.0 Å². The number of anilines is 1. The number of nitrogens with zero attached hydrogens (tertiary/aromatic N) is 5.